The number of hydrogen-bond donors (Lipinski definition) is 2. The first-order valence-electron chi connectivity index (χ1n) is 5.67. The van der Waals surface area contributed by atoms with Crippen molar-refractivity contribution in [2.24, 2.45) is 0 Å². The van der Waals surface area contributed by atoms with E-state index in [2.05, 4.69) is 15.5 Å². The van der Waals surface area contributed by atoms with E-state index in [-0.39, 0.29) is 36.8 Å². The molecular formula is C10H21Cl2N3OS. The molecule has 2 rings (SSSR count). The molecule has 0 aromatic rings. The Bertz CT molecular complexity index is 222. The molecule has 1 amide bonds. The Labute approximate surface area is 119 Å². The van der Waals surface area contributed by atoms with Gasteiger partial charge in [-0.25, -0.2) is 0 Å². The van der Waals surface area contributed by atoms with E-state index in [0.29, 0.717) is 0 Å². The monoisotopic (exact) mass is 301 g/mol. The van der Waals surface area contributed by atoms with Crippen LogP contribution in [0.25, 0.3) is 0 Å². The van der Waals surface area contributed by atoms with Crippen molar-refractivity contribution in [3.8, 4) is 0 Å². The summed E-state index contributed by atoms with van der Waals surface area (Å²) in [7, 11) is 0. The third kappa shape index (κ3) is 5.66. The minimum absolute atomic E-state index is 0. The molecule has 17 heavy (non-hydrogen) atoms. The maximum Gasteiger partial charge on any atom is 0.238 e. The molecule has 2 aliphatic rings. The van der Waals surface area contributed by atoms with Gasteiger partial charge in [0.2, 0.25) is 5.91 Å². The number of carbonyl (C=O) groups excluding carboxylic acids is 1. The summed E-state index contributed by atoms with van der Waals surface area (Å²) in [6.07, 6.45) is 2.63. The fraction of sp³-hybridized carbons (Fsp3) is 0.900. The fourth-order valence-electron chi connectivity index (χ4n) is 2.03. The predicted octanol–water partition coefficient (Wildman–Crippen LogP) is 0.704. The molecule has 7 heteroatoms. The maximum atomic E-state index is 11.6. The van der Waals surface area contributed by atoms with Gasteiger partial charge in [0, 0.05) is 24.7 Å². The normalized spacial score (nSPS) is 23.9. The summed E-state index contributed by atoms with van der Waals surface area (Å²) in [5.41, 5.74) is 0. The second-order valence-electron chi connectivity index (χ2n) is 4.11. The van der Waals surface area contributed by atoms with Crippen LogP contribution >= 0.6 is 36.6 Å². The molecule has 1 atom stereocenters. The van der Waals surface area contributed by atoms with E-state index in [1.807, 2.05) is 0 Å². The van der Waals surface area contributed by atoms with Crippen LogP contribution < -0.4 is 10.6 Å². The summed E-state index contributed by atoms with van der Waals surface area (Å²) in [6.45, 7) is 4.20. The standard InChI is InChI=1S/C10H19N3OS.2ClH/c14-10(9-7-15-8-12-9)11-3-6-13-4-1-2-5-13;;/h9,12H,1-8H2,(H,11,14);2*1H. The van der Waals surface area contributed by atoms with Gasteiger partial charge in [-0.05, 0) is 25.9 Å². The molecule has 2 N–H and O–H groups in total. The van der Waals surface area contributed by atoms with Crippen molar-refractivity contribution in [3.63, 3.8) is 0 Å². The molecule has 0 aromatic heterocycles. The van der Waals surface area contributed by atoms with Crippen LogP contribution in [-0.2, 0) is 4.79 Å². The highest BCUT2D eigenvalue weighted by molar-refractivity contribution is 7.99. The first-order chi connectivity index (χ1) is 7.36. The van der Waals surface area contributed by atoms with E-state index >= 15 is 0 Å². The van der Waals surface area contributed by atoms with E-state index in [4.69, 9.17) is 0 Å². The maximum absolute atomic E-state index is 11.6. The molecule has 102 valence electrons. The van der Waals surface area contributed by atoms with E-state index in [9.17, 15) is 4.79 Å². The number of carbonyl (C=O) groups is 1. The van der Waals surface area contributed by atoms with Gasteiger partial charge in [0.05, 0.1) is 6.04 Å². The number of likely N-dealkylation sites (tertiary alicyclic amines) is 1. The van der Waals surface area contributed by atoms with Gasteiger partial charge in [0.15, 0.2) is 0 Å². The van der Waals surface area contributed by atoms with Gasteiger partial charge in [-0.3, -0.25) is 10.1 Å². The van der Waals surface area contributed by atoms with Gasteiger partial charge in [0.25, 0.3) is 0 Å². The highest BCUT2D eigenvalue weighted by Crippen LogP contribution is 2.09. The number of thioether (sulfide) groups is 1. The Morgan fingerprint density at radius 1 is 1.35 bits per heavy atom. The SMILES string of the molecule is Cl.Cl.O=C(NCCN1CCCC1)C1CSCN1. The molecule has 0 spiro atoms. The van der Waals surface area contributed by atoms with E-state index in [1.54, 1.807) is 11.8 Å². The summed E-state index contributed by atoms with van der Waals surface area (Å²) in [4.78, 5) is 14.0. The Kier molecular flexibility index (Phi) is 9.45. The third-order valence-electron chi connectivity index (χ3n) is 2.96. The van der Waals surface area contributed by atoms with Gasteiger partial charge in [-0.1, -0.05) is 0 Å². The van der Waals surface area contributed by atoms with E-state index in [0.717, 1.165) is 24.7 Å². The first kappa shape index (κ1) is 17.3. The summed E-state index contributed by atoms with van der Waals surface area (Å²) in [5, 5.41) is 6.17. The van der Waals surface area contributed by atoms with Crippen LogP contribution in [0.4, 0.5) is 0 Å². The number of nitrogens with one attached hydrogen (secondary N) is 2. The van der Waals surface area contributed by atoms with Crippen molar-refractivity contribution in [3.05, 3.63) is 0 Å². The van der Waals surface area contributed by atoms with Gasteiger partial charge < -0.3 is 10.2 Å². The van der Waals surface area contributed by atoms with Crippen molar-refractivity contribution >= 4 is 42.5 Å². The Morgan fingerprint density at radius 3 is 2.65 bits per heavy atom. The molecule has 0 radical (unpaired) electrons. The van der Waals surface area contributed by atoms with E-state index < -0.39 is 0 Å². The van der Waals surface area contributed by atoms with Gasteiger partial charge in [0.1, 0.15) is 0 Å². The zero-order chi connectivity index (χ0) is 10.5. The van der Waals surface area contributed by atoms with Crippen molar-refractivity contribution in [2.45, 2.75) is 18.9 Å². The zero-order valence-electron chi connectivity index (χ0n) is 9.81. The average molecular weight is 302 g/mol. The average Bonchev–Trinajstić information content (AvgIpc) is 2.90. The lowest BCUT2D eigenvalue weighted by Crippen LogP contribution is -2.44. The molecule has 0 aromatic carbocycles. The predicted molar refractivity (Wildman–Crippen MR) is 77.4 cm³/mol. The topological polar surface area (TPSA) is 44.4 Å². The van der Waals surface area contributed by atoms with Crippen molar-refractivity contribution < 1.29 is 4.79 Å². The molecule has 0 bridgehead atoms. The smallest absolute Gasteiger partial charge is 0.238 e. The van der Waals surface area contributed by atoms with Gasteiger partial charge >= 0.3 is 0 Å². The number of rotatable bonds is 4. The lowest BCUT2D eigenvalue weighted by molar-refractivity contribution is -0.122. The van der Waals surface area contributed by atoms with Crippen LogP contribution in [0.3, 0.4) is 0 Å². The number of amides is 1. The quantitative estimate of drug-likeness (QED) is 0.803. The number of hydrogen-bond acceptors (Lipinski definition) is 4. The summed E-state index contributed by atoms with van der Waals surface area (Å²) in [5.74, 6) is 1.99. The highest BCUT2D eigenvalue weighted by atomic mass is 35.5. The van der Waals surface area contributed by atoms with Crippen molar-refractivity contribution in [1.29, 1.82) is 0 Å². The molecule has 0 saturated carbocycles. The Balaban J connectivity index is 0.00000128. The van der Waals surface area contributed by atoms with Gasteiger partial charge in [-0.15, -0.1) is 36.6 Å². The number of halogens is 2. The lowest BCUT2D eigenvalue weighted by atomic mass is 10.3. The lowest BCUT2D eigenvalue weighted by Gasteiger charge is -2.16. The summed E-state index contributed by atoms with van der Waals surface area (Å²) < 4.78 is 0. The van der Waals surface area contributed by atoms with E-state index in [1.165, 1.54) is 25.9 Å². The Hall–Kier alpha value is 0.320. The van der Waals surface area contributed by atoms with Crippen LogP contribution in [0.5, 0.6) is 0 Å². The van der Waals surface area contributed by atoms with Crippen LogP contribution in [0, 0.1) is 0 Å². The second kappa shape index (κ2) is 9.28. The largest absolute Gasteiger partial charge is 0.353 e. The molecule has 2 heterocycles. The molecule has 2 fully saturated rings. The van der Waals surface area contributed by atoms with Crippen LogP contribution in [0.2, 0.25) is 0 Å². The first-order valence-corrected chi connectivity index (χ1v) is 6.83. The second-order valence-corrected chi connectivity index (χ2v) is 5.14. The zero-order valence-corrected chi connectivity index (χ0v) is 12.3. The Morgan fingerprint density at radius 2 is 2.06 bits per heavy atom. The summed E-state index contributed by atoms with van der Waals surface area (Å²) in [6, 6.07) is 0.0357. The van der Waals surface area contributed by atoms with Crippen molar-refractivity contribution in [1.82, 2.24) is 15.5 Å². The number of nitrogens with zero attached hydrogens (tertiary/aromatic N) is 1. The molecule has 1 unspecified atom stereocenters. The van der Waals surface area contributed by atoms with Crippen LogP contribution in [0.1, 0.15) is 12.8 Å². The minimum Gasteiger partial charge on any atom is -0.353 e. The summed E-state index contributed by atoms with van der Waals surface area (Å²) >= 11 is 1.79. The van der Waals surface area contributed by atoms with Crippen molar-refractivity contribution in [2.75, 3.05) is 37.8 Å². The molecule has 2 aliphatic heterocycles. The minimum atomic E-state index is 0. The van der Waals surface area contributed by atoms with Gasteiger partial charge in [-0.2, -0.15) is 0 Å². The van der Waals surface area contributed by atoms with Crippen LogP contribution in [-0.4, -0.2) is 54.7 Å². The highest BCUT2D eigenvalue weighted by Gasteiger charge is 2.22. The molecule has 0 aliphatic carbocycles. The van der Waals surface area contributed by atoms with Crippen LogP contribution in [0.15, 0.2) is 0 Å². The molecule has 4 nitrogen and oxygen atoms in total. The third-order valence-corrected chi connectivity index (χ3v) is 3.90. The molecule has 2 saturated heterocycles. The molecular weight excluding hydrogens is 281 g/mol. The fourth-order valence-corrected chi connectivity index (χ4v) is 2.97.